The molecule has 174 valence electrons. The Labute approximate surface area is 197 Å². The van der Waals surface area contributed by atoms with Gasteiger partial charge >= 0.3 is 0 Å². The van der Waals surface area contributed by atoms with Gasteiger partial charge in [0.15, 0.2) is 6.61 Å². The normalized spacial score (nSPS) is 10.8. The molecule has 2 amide bonds. The number of ether oxygens (including phenoxy) is 3. The molecule has 0 aliphatic heterocycles. The van der Waals surface area contributed by atoms with Crippen LogP contribution in [0.25, 0.3) is 0 Å². The maximum absolute atomic E-state index is 12.2. The number of carbonyl (C=O) groups excluding carboxylic acids is 2. The van der Waals surface area contributed by atoms with E-state index in [1.54, 1.807) is 50.6 Å². The zero-order valence-corrected chi connectivity index (χ0v) is 18.7. The standard InChI is InChI=1S/C25H24N4O5/c1-32-22-7-3-5-18(13-22)15-26-28-24(30)17-34-21-11-9-20(10-12-21)25(31)29-27-16-19-6-4-8-23(14-19)33-2/h3-16H,17H2,1-2H3,(H,28,30)(H,29,31)/b26-15+,27-16+. The lowest BCUT2D eigenvalue weighted by molar-refractivity contribution is -0.123. The summed E-state index contributed by atoms with van der Waals surface area (Å²) < 4.78 is 15.7. The molecule has 0 bridgehead atoms. The van der Waals surface area contributed by atoms with Crippen LogP contribution < -0.4 is 25.1 Å². The Morgan fingerprint density at radius 2 is 1.32 bits per heavy atom. The minimum Gasteiger partial charge on any atom is -0.497 e. The smallest absolute Gasteiger partial charge is 0.277 e. The van der Waals surface area contributed by atoms with Gasteiger partial charge in [0.2, 0.25) is 0 Å². The van der Waals surface area contributed by atoms with E-state index in [1.807, 2.05) is 36.4 Å². The van der Waals surface area contributed by atoms with Crippen LogP contribution in [-0.4, -0.2) is 45.1 Å². The summed E-state index contributed by atoms with van der Waals surface area (Å²) in [5.41, 5.74) is 6.81. The van der Waals surface area contributed by atoms with Crippen LogP contribution in [0.2, 0.25) is 0 Å². The number of nitrogens with zero attached hydrogens (tertiary/aromatic N) is 2. The van der Waals surface area contributed by atoms with Crippen LogP contribution in [0.3, 0.4) is 0 Å². The second-order valence-electron chi connectivity index (χ2n) is 6.86. The monoisotopic (exact) mass is 460 g/mol. The molecular weight excluding hydrogens is 436 g/mol. The van der Waals surface area contributed by atoms with Crippen molar-refractivity contribution in [1.29, 1.82) is 0 Å². The van der Waals surface area contributed by atoms with Crippen molar-refractivity contribution >= 4 is 24.2 Å². The number of hydrogen-bond donors (Lipinski definition) is 2. The number of hydrogen-bond acceptors (Lipinski definition) is 7. The number of carbonyl (C=O) groups is 2. The average molecular weight is 460 g/mol. The first-order chi connectivity index (χ1) is 16.6. The fourth-order valence-electron chi connectivity index (χ4n) is 2.74. The summed E-state index contributed by atoms with van der Waals surface area (Å²) in [5.74, 6) is 1.02. The van der Waals surface area contributed by atoms with Crippen molar-refractivity contribution in [3.63, 3.8) is 0 Å². The largest absolute Gasteiger partial charge is 0.497 e. The van der Waals surface area contributed by atoms with Crippen molar-refractivity contribution in [3.8, 4) is 17.2 Å². The third-order valence-electron chi connectivity index (χ3n) is 4.46. The first-order valence-corrected chi connectivity index (χ1v) is 10.2. The van der Waals surface area contributed by atoms with Crippen LogP contribution in [-0.2, 0) is 4.79 Å². The first kappa shape index (κ1) is 24.0. The predicted octanol–water partition coefficient (Wildman–Crippen LogP) is 3.00. The molecular formula is C25H24N4O5. The van der Waals surface area contributed by atoms with Crippen LogP contribution >= 0.6 is 0 Å². The molecule has 3 aromatic rings. The Balaban J connectivity index is 1.43. The third kappa shape index (κ3) is 7.49. The Morgan fingerprint density at radius 1 is 0.765 bits per heavy atom. The quantitative estimate of drug-likeness (QED) is 0.357. The molecule has 34 heavy (non-hydrogen) atoms. The number of hydrazone groups is 2. The van der Waals surface area contributed by atoms with E-state index in [1.165, 1.54) is 12.4 Å². The number of amides is 2. The topological polar surface area (TPSA) is 111 Å². The second kappa shape index (κ2) is 12.4. The highest BCUT2D eigenvalue weighted by molar-refractivity contribution is 5.95. The Hall–Kier alpha value is -4.66. The van der Waals surface area contributed by atoms with Gasteiger partial charge in [-0.1, -0.05) is 24.3 Å². The summed E-state index contributed by atoms with van der Waals surface area (Å²) >= 11 is 0. The fourth-order valence-corrected chi connectivity index (χ4v) is 2.74. The first-order valence-electron chi connectivity index (χ1n) is 10.2. The highest BCUT2D eigenvalue weighted by Gasteiger charge is 2.06. The van der Waals surface area contributed by atoms with Crippen molar-refractivity contribution in [2.45, 2.75) is 0 Å². The zero-order valence-electron chi connectivity index (χ0n) is 18.7. The maximum Gasteiger partial charge on any atom is 0.277 e. The maximum atomic E-state index is 12.2. The molecule has 0 atom stereocenters. The third-order valence-corrected chi connectivity index (χ3v) is 4.46. The fraction of sp³-hybridized carbons (Fsp3) is 0.120. The van der Waals surface area contributed by atoms with Gasteiger partial charge in [0.1, 0.15) is 17.2 Å². The van der Waals surface area contributed by atoms with E-state index in [4.69, 9.17) is 14.2 Å². The van der Waals surface area contributed by atoms with E-state index < -0.39 is 5.91 Å². The average Bonchev–Trinajstić information content (AvgIpc) is 2.88. The molecule has 0 spiro atoms. The summed E-state index contributed by atoms with van der Waals surface area (Å²) in [4.78, 5) is 24.2. The minimum atomic E-state index is -0.423. The summed E-state index contributed by atoms with van der Waals surface area (Å²) in [6.07, 6.45) is 3.03. The molecule has 3 rings (SSSR count). The lowest BCUT2D eigenvalue weighted by Crippen LogP contribution is -2.24. The molecule has 9 nitrogen and oxygen atoms in total. The van der Waals surface area contributed by atoms with Crippen LogP contribution in [0.15, 0.2) is 83.0 Å². The van der Waals surface area contributed by atoms with Crippen LogP contribution in [0.1, 0.15) is 21.5 Å². The van der Waals surface area contributed by atoms with Gasteiger partial charge in [-0.2, -0.15) is 10.2 Å². The van der Waals surface area contributed by atoms with Gasteiger partial charge < -0.3 is 14.2 Å². The van der Waals surface area contributed by atoms with Crippen molar-refractivity contribution in [3.05, 3.63) is 89.5 Å². The molecule has 0 unspecified atom stereocenters. The van der Waals surface area contributed by atoms with Crippen LogP contribution in [0.4, 0.5) is 0 Å². The number of methoxy groups -OCH3 is 2. The lowest BCUT2D eigenvalue weighted by atomic mass is 10.2. The van der Waals surface area contributed by atoms with Gasteiger partial charge in [0, 0.05) is 5.56 Å². The molecule has 0 saturated carbocycles. The predicted molar refractivity (Wildman–Crippen MR) is 129 cm³/mol. The van der Waals surface area contributed by atoms with Crippen molar-refractivity contribution in [1.82, 2.24) is 10.9 Å². The van der Waals surface area contributed by atoms with Crippen LogP contribution in [0, 0.1) is 0 Å². The van der Waals surface area contributed by atoms with Gasteiger partial charge in [0.25, 0.3) is 11.8 Å². The Bertz CT molecular complexity index is 1180. The van der Waals surface area contributed by atoms with Crippen LogP contribution in [0.5, 0.6) is 17.2 Å². The molecule has 9 heteroatoms. The van der Waals surface area contributed by atoms with Crippen molar-refractivity contribution < 1.29 is 23.8 Å². The molecule has 0 aliphatic rings. The second-order valence-corrected chi connectivity index (χ2v) is 6.86. The molecule has 3 aromatic carbocycles. The van der Waals surface area contributed by atoms with E-state index in [0.717, 1.165) is 11.1 Å². The summed E-state index contributed by atoms with van der Waals surface area (Å²) in [6.45, 7) is -0.230. The van der Waals surface area contributed by atoms with E-state index in [0.29, 0.717) is 22.8 Å². The van der Waals surface area contributed by atoms with E-state index in [9.17, 15) is 9.59 Å². The number of benzene rings is 3. The molecule has 0 radical (unpaired) electrons. The molecule has 0 aliphatic carbocycles. The van der Waals surface area contributed by atoms with Crippen molar-refractivity contribution in [2.75, 3.05) is 20.8 Å². The molecule has 0 saturated heterocycles. The van der Waals surface area contributed by atoms with E-state index in [2.05, 4.69) is 21.1 Å². The highest BCUT2D eigenvalue weighted by Crippen LogP contribution is 2.13. The SMILES string of the molecule is COc1cccc(/C=N/NC(=O)COc2ccc(C(=O)N/N=C/c3cccc(OC)c3)cc2)c1. The molecule has 0 fully saturated rings. The Morgan fingerprint density at radius 3 is 1.88 bits per heavy atom. The highest BCUT2D eigenvalue weighted by atomic mass is 16.5. The summed E-state index contributed by atoms with van der Waals surface area (Å²) in [7, 11) is 3.15. The minimum absolute atomic E-state index is 0.230. The van der Waals surface area contributed by atoms with Gasteiger partial charge in [-0.3, -0.25) is 9.59 Å². The van der Waals surface area contributed by atoms with Gasteiger partial charge in [-0.15, -0.1) is 0 Å². The van der Waals surface area contributed by atoms with Gasteiger partial charge in [-0.05, 0) is 59.7 Å². The zero-order chi connectivity index (χ0) is 24.2. The molecule has 2 N–H and O–H groups in total. The van der Waals surface area contributed by atoms with Crippen molar-refractivity contribution in [2.24, 2.45) is 10.2 Å². The van der Waals surface area contributed by atoms with Gasteiger partial charge in [-0.25, -0.2) is 10.9 Å². The number of rotatable bonds is 10. The Kier molecular flexibility index (Phi) is 8.75. The number of nitrogens with one attached hydrogen (secondary N) is 2. The molecule has 0 heterocycles. The molecule has 0 aromatic heterocycles. The lowest BCUT2D eigenvalue weighted by Gasteiger charge is -2.06. The van der Waals surface area contributed by atoms with E-state index >= 15 is 0 Å². The summed E-state index contributed by atoms with van der Waals surface area (Å²) in [5, 5.41) is 7.84. The van der Waals surface area contributed by atoms with E-state index in [-0.39, 0.29) is 12.5 Å². The summed E-state index contributed by atoms with van der Waals surface area (Å²) in [6, 6.07) is 20.9. The van der Waals surface area contributed by atoms with Gasteiger partial charge in [0.05, 0.1) is 26.6 Å².